The number of carbonyl (C=O) groups is 1. The maximum atomic E-state index is 11.0. The summed E-state index contributed by atoms with van der Waals surface area (Å²) in [7, 11) is 1.97. The topological polar surface area (TPSA) is 61.8 Å². The number of amides is 1. The highest BCUT2D eigenvalue weighted by atomic mass is 79.9. The molecule has 6 heteroatoms. The molecular formula is C19H23BrN2O3. The van der Waals surface area contributed by atoms with Crippen LogP contribution in [0.25, 0.3) is 0 Å². The number of carbonyl (C=O) groups excluding carboxylic acids is 1. The second-order valence-corrected chi connectivity index (χ2v) is 6.91. The Morgan fingerprint density at radius 3 is 2.44 bits per heavy atom. The van der Waals surface area contributed by atoms with Gasteiger partial charge in [-0.15, -0.1) is 0 Å². The number of nitrogens with zero attached hydrogens (tertiary/aromatic N) is 1. The fraction of sp³-hybridized carbons (Fsp3) is 0.316. The van der Waals surface area contributed by atoms with Crippen molar-refractivity contribution in [3.63, 3.8) is 0 Å². The molecule has 0 aromatic heterocycles. The van der Waals surface area contributed by atoms with Crippen molar-refractivity contribution in [3.8, 4) is 5.75 Å². The van der Waals surface area contributed by atoms with E-state index in [-0.39, 0.29) is 12.5 Å². The Bertz CT molecular complexity index is 674. The standard InChI is InChI=1S/C19H23BrN2O3/c1-14(23)21-17-7-9-19(10-8-17)25-13-18(24)12-22(2)11-15-3-5-16(20)6-4-15/h3-10,18,24H,11-13H2,1-2H3,(H,21,23). The van der Waals surface area contributed by atoms with E-state index >= 15 is 0 Å². The number of aliphatic hydroxyl groups is 1. The summed E-state index contributed by atoms with van der Waals surface area (Å²) in [6, 6.07) is 15.2. The molecule has 1 atom stereocenters. The first-order valence-electron chi connectivity index (χ1n) is 8.04. The fourth-order valence-corrected chi connectivity index (χ4v) is 2.67. The molecule has 0 radical (unpaired) electrons. The minimum absolute atomic E-state index is 0.113. The van der Waals surface area contributed by atoms with Crippen LogP contribution in [0.4, 0.5) is 5.69 Å². The molecule has 2 rings (SSSR count). The lowest BCUT2D eigenvalue weighted by Crippen LogP contribution is -2.32. The number of rotatable bonds is 8. The zero-order valence-corrected chi connectivity index (χ0v) is 16.0. The first-order valence-corrected chi connectivity index (χ1v) is 8.83. The molecule has 0 fully saturated rings. The van der Waals surface area contributed by atoms with E-state index in [9.17, 15) is 9.90 Å². The fourth-order valence-electron chi connectivity index (χ4n) is 2.41. The van der Waals surface area contributed by atoms with Gasteiger partial charge in [0.05, 0.1) is 0 Å². The van der Waals surface area contributed by atoms with E-state index in [4.69, 9.17) is 4.74 Å². The van der Waals surface area contributed by atoms with E-state index in [2.05, 4.69) is 38.3 Å². The molecule has 134 valence electrons. The molecule has 2 N–H and O–H groups in total. The van der Waals surface area contributed by atoms with Crippen molar-refractivity contribution in [1.82, 2.24) is 4.90 Å². The van der Waals surface area contributed by atoms with Gasteiger partial charge in [0.25, 0.3) is 0 Å². The highest BCUT2D eigenvalue weighted by molar-refractivity contribution is 9.10. The van der Waals surface area contributed by atoms with Crippen LogP contribution < -0.4 is 10.1 Å². The normalized spacial score (nSPS) is 12.0. The molecule has 0 spiro atoms. The van der Waals surface area contributed by atoms with Gasteiger partial charge in [-0.1, -0.05) is 28.1 Å². The zero-order chi connectivity index (χ0) is 18.2. The third kappa shape index (κ3) is 7.25. The first-order chi connectivity index (χ1) is 11.9. The number of aliphatic hydroxyl groups excluding tert-OH is 1. The maximum Gasteiger partial charge on any atom is 0.221 e. The van der Waals surface area contributed by atoms with Crippen LogP contribution in [0.2, 0.25) is 0 Å². The predicted molar refractivity (Wildman–Crippen MR) is 103 cm³/mol. The number of ether oxygens (including phenoxy) is 1. The number of nitrogens with one attached hydrogen (secondary N) is 1. The van der Waals surface area contributed by atoms with Crippen molar-refractivity contribution < 1.29 is 14.6 Å². The van der Waals surface area contributed by atoms with Crippen LogP contribution in [-0.4, -0.2) is 42.2 Å². The molecule has 0 bridgehead atoms. The molecule has 2 aromatic rings. The molecule has 0 aliphatic rings. The van der Waals surface area contributed by atoms with E-state index < -0.39 is 6.10 Å². The molecule has 0 heterocycles. The van der Waals surface area contributed by atoms with Crippen LogP contribution in [0.1, 0.15) is 12.5 Å². The van der Waals surface area contributed by atoms with Gasteiger partial charge in [-0.2, -0.15) is 0 Å². The van der Waals surface area contributed by atoms with Crippen molar-refractivity contribution in [2.45, 2.75) is 19.6 Å². The van der Waals surface area contributed by atoms with Gasteiger partial charge in [0.1, 0.15) is 18.5 Å². The lowest BCUT2D eigenvalue weighted by Gasteiger charge is -2.21. The van der Waals surface area contributed by atoms with Crippen molar-refractivity contribution >= 4 is 27.5 Å². The summed E-state index contributed by atoms with van der Waals surface area (Å²) in [6.07, 6.45) is -0.588. The number of hydrogen-bond acceptors (Lipinski definition) is 4. The Morgan fingerprint density at radius 2 is 1.84 bits per heavy atom. The largest absolute Gasteiger partial charge is 0.491 e. The maximum absolute atomic E-state index is 11.0. The highest BCUT2D eigenvalue weighted by Gasteiger charge is 2.10. The number of halogens is 1. The van der Waals surface area contributed by atoms with E-state index in [0.717, 1.165) is 16.7 Å². The van der Waals surface area contributed by atoms with E-state index in [0.29, 0.717) is 12.3 Å². The number of anilines is 1. The number of benzene rings is 2. The van der Waals surface area contributed by atoms with E-state index in [1.54, 1.807) is 24.3 Å². The first kappa shape index (κ1) is 19.4. The highest BCUT2D eigenvalue weighted by Crippen LogP contribution is 2.16. The summed E-state index contributed by atoms with van der Waals surface area (Å²) in [5, 5.41) is 12.8. The van der Waals surface area contributed by atoms with Crippen molar-refractivity contribution in [1.29, 1.82) is 0 Å². The molecule has 25 heavy (non-hydrogen) atoms. The third-order valence-corrected chi connectivity index (χ3v) is 4.03. The van der Waals surface area contributed by atoms with Crippen LogP contribution in [-0.2, 0) is 11.3 Å². The Morgan fingerprint density at radius 1 is 1.20 bits per heavy atom. The van der Waals surface area contributed by atoms with Gasteiger partial charge < -0.3 is 15.2 Å². The summed E-state index contributed by atoms with van der Waals surface area (Å²) in [6.45, 7) is 2.95. The predicted octanol–water partition coefficient (Wildman–Crippen LogP) is 3.28. The molecule has 0 saturated carbocycles. The zero-order valence-electron chi connectivity index (χ0n) is 14.4. The van der Waals surface area contributed by atoms with Crippen molar-refractivity contribution in [2.24, 2.45) is 0 Å². The van der Waals surface area contributed by atoms with Gasteiger partial charge in [-0.05, 0) is 49.0 Å². The average Bonchev–Trinajstić information content (AvgIpc) is 2.56. The summed E-state index contributed by atoms with van der Waals surface area (Å²) in [5.41, 5.74) is 1.90. The quantitative estimate of drug-likeness (QED) is 0.705. The van der Waals surface area contributed by atoms with Crippen molar-refractivity contribution in [2.75, 3.05) is 25.5 Å². The minimum Gasteiger partial charge on any atom is -0.491 e. The summed E-state index contributed by atoms with van der Waals surface area (Å²) >= 11 is 3.42. The van der Waals surface area contributed by atoms with Crippen molar-refractivity contribution in [3.05, 3.63) is 58.6 Å². The van der Waals surface area contributed by atoms with Crippen LogP contribution in [0.5, 0.6) is 5.75 Å². The van der Waals surface area contributed by atoms with Gasteiger partial charge in [0.15, 0.2) is 0 Å². The summed E-state index contributed by atoms with van der Waals surface area (Å²) < 4.78 is 6.65. The van der Waals surface area contributed by atoms with Crippen LogP contribution in [0, 0.1) is 0 Å². The number of hydrogen-bond donors (Lipinski definition) is 2. The third-order valence-electron chi connectivity index (χ3n) is 3.51. The number of likely N-dealkylation sites (N-methyl/N-ethyl adjacent to an activating group) is 1. The molecule has 2 aromatic carbocycles. The molecule has 0 aliphatic heterocycles. The monoisotopic (exact) mass is 406 g/mol. The lowest BCUT2D eigenvalue weighted by molar-refractivity contribution is -0.114. The molecule has 1 unspecified atom stereocenters. The van der Waals surface area contributed by atoms with Gasteiger partial charge in [-0.3, -0.25) is 9.69 Å². The SMILES string of the molecule is CC(=O)Nc1ccc(OCC(O)CN(C)Cc2ccc(Br)cc2)cc1. The average molecular weight is 407 g/mol. The second kappa shape index (κ2) is 9.56. The van der Waals surface area contributed by atoms with Gasteiger partial charge in [0, 0.05) is 30.2 Å². The van der Waals surface area contributed by atoms with Crippen LogP contribution >= 0.6 is 15.9 Å². The molecule has 0 aliphatic carbocycles. The Balaban J connectivity index is 1.74. The summed E-state index contributed by atoms with van der Waals surface area (Å²) in [4.78, 5) is 13.0. The van der Waals surface area contributed by atoms with Gasteiger partial charge in [0.2, 0.25) is 5.91 Å². The van der Waals surface area contributed by atoms with E-state index in [1.807, 2.05) is 19.2 Å². The Labute approximate surface area is 156 Å². The Kier molecular flexibility index (Phi) is 7.43. The Hall–Kier alpha value is -1.89. The summed E-state index contributed by atoms with van der Waals surface area (Å²) in [5.74, 6) is 0.543. The molecular weight excluding hydrogens is 384 g/mol. The van der Waals surface area contributed by atoms with Crippen LogP contribution in [0.15, 0.2) is 53.0 Å². The molecule has 5 nitrogen and oxygen atoms in total. The smallest absolute Gasteiger partial charge is 0.221 e. The van der Waals surface area contributed by atoms with Crippen LogP contribution in [0.3, 0.4) is 0 Å². The van der Waals surface area contributed by atoms with E-state index in [1.165, 1.54) is 12.5 Å². The van der Waals surface area contributed by atoms with Gasteiger partial charge in [-0.25, -0.2) is 0 Å². The van der Waals surface area contributed by atoms with Gasteiger partial charge >= 0.3 is 0 Å². The lowest BCUT2D eigenvalue weighted by atomic mass is 10.2. The minimum atomic E-state index is -0.588. The molecule has 1 amide bonds. The second-order valence-electron chi connectivity index (χ2n) is 5.99. The molecule has 0 saturated heterocycles.